The summed E-state index contributed by atoms with van der Waals surface area (Å²) in [4.78, 5) is 22.5. The highest BCUT2D eigenvalue weighted by atomic mass is 35.5. The quantitative estimate of drug-likeness (QED) is 0.764. The van der Waals surface area contributed by atoms with Crippen LogP contribution in [0.1, 0.15) is 19.8 Å². The van der Waals surface area contributed by atoms with Gasteiger partial charge in [0.15, 0.2) is 0 Å². The fourth-order valence-electron chi connectivity index (χ4n) is 1.35. The van der Waals surface area contributed by atoms with Crippen LogP contribution in [0, 0.1) is 0 Å². The van der Waals surface area contributed by atoms with Gasteiger partial charge in [-0.05, 0) is 24.6 Å². The van der Waals surface area contributed by atoms with Gasteiger partial charge in [0.05, 0.1) is 17.3 Å². The Morgan fingerprint density at radius 2 is 2.00 bits per heavy atom. The summed E-state index contributed by atoms with van der Waals surface area (Å²) in [7, 11) is 0. The van der Waals surface area contributed by atoms with Gasteiger partial charge in [-0.2, -0.15) is 0 Å². The second-order valence-corrected chi connectivity index (χ2v) is 4.15. The number of benzene rings is 1. The van der Waals surface area contributed by atoms with E-state index in [1.807, 2.05) is 6.92 Å². The number of hydrogen-bond donors (Lipinski definition) is 3. The molecule has 0 saturated heterocycles. The Kier molecular flexibility index (Phi) is 5.61. The molecule has 5 nitrogen and oxygen atoms in total. The van der Waals surface area contributed by atoms with Crippen LogP contribution in [0.15, 0.2) is 18.2 Å². The third kappa shape index (κ3) is 4.35. The Hall–Kier alpha value is -1.59. The molecule has 1 rings (SSSR count). The van der Waals surface area contributed by atoms with Gasteiger partial charge in [-0.15, -0.1) is 0 Å². The smallest absolute Gasteiger partial charge is 0.238 e. The molecular formula is C12H16ClN3O2. The first kappa shape index (κ1) is 14.5. The number of rotatable bonds is 5. The van der Waals surface area contributed by atoms with Gasteiger partial charge in [-0.3, -0.25) is 9.59 Å². The third-order valence-corrected chi connectivity index (χ3v) is 2.50. The van der Waals surface area contributed by atoms with E-state index in [0.717, 1.165) is 6.42 Å². The summed E-state index contributed by atoms with van der Waals surface area (Å²) in [5.74, 6) is -0.382. The van der Waals surface area contributed by atoms with Crippen molar-refractivity contribution in [1.82, 2.24) is 0 Å². The SMILES string of the molecule is CCCC(=O)Nc1ccc(NC(=O)CN)cc1Cl. The monoisotopic (exact) mass is 269 g/mol. The minimum atomic E-state index is -0.297. The minimum absolute atomic E-state index is 0.0851. The zero-order valence-corrected chi connectivity index (χ0v) is 10.9. The summed E-state index contributed by atoms with van der Waals surface area (Å²) >= 11 is 6.00. The normalized spacial score (nSPS) is 9.94. The van der Waals surface area contributed by atoms with Crippen LogP contribution in [0.25, 0.3) is 0 Å². The van der Waals surface area contributed by atoms with Crippen molar-refractivity contribution in [3.63, 3.8) is 0 Å². The maximum Gasteiger partial charge on any atom is 0.238 e. The molecule has 0 aliphatic heterocycles. The van der Waals surface area contributed by atoms with Crippen molar-refractivity contribution in [2.75, 3.05) is 17.2 Å². The van der Waals surface area contributed by atoms with Crippen LogP contribution in [0.5, 0.6) is 0 Å². The summed E-state index contributed by atoms with van der Waals surface area (Å²) in [6, 6.07) is 4.86. The first-order valence-electron chi connectivity index (χ1n) is 5.66. The molecule has 0 unspecified atom stereocenters. The van der Waals surface area contributed by atoms with E-state index in [1.165, 1.54) is 0 Å². The molecule has 2 amide bonds. The number of carbonyl (C=O) groups excluding carboxylic acids is 2. The Morgan fingerprint density at radius 3 is 2.56 bits per heavy atom. The molecule has 98 valence electrons. The van der Waals surface area contributed by atoms with Gasteiger partial charge in [0, 0.05) is 12.1 Å². The second kappa shape index (κ2) is 6.98. The van der Waals surface area contributed by atoms with Crippen LogP contribution in [0.4, 0.5) is 11.4 Å². The average Bonchev–Trinajstić information content (AvgIpc) is 2.33. The molecule has 1 aromatic carbocycles. The van der Waals surface area contributed by atoms with E-state index in [1.54, 1.807) is 18.2 Å². The van der Waals surface area contributed by atoms with Gasteiger partial charge in [0.25, 0.3) is 0 Å². The van der Waals surface area contributed by atoms with Crippen molar-refractivity contribution >= 4 is 34.8 Å². The molecular weight excluding hydrogens is 254 g/mol. The number of anilines is 2. The largest absolute Gasteiger partial charge is 0.325 e. The fraction of sp³-hybridized carbons (Fsp3) is 0.333. The van der Waals surface area contributed by atoms with Crippen LogP contribution in [-0.2, 0) is 9.59 Å². The molecule has 0 fully saturated rings. The van der Waals surface area contributed by atoms with Crippen molar-refractivity contribution in [3.8, 4) is 0 Å². The number of hydrogen-bond acceptors (Lipinski definition) is 3. The molecule has 0 aliphatic carbocycles. The van der Waals surface area contributed by atoms with Crippen molar-refractivity contribution in [2.24, 2.45) is 5.73 Å². The van der Waals surface area contributed by atoms with Crippen LogP contribution >= 0.6 is 11.6 Å². The highest BCUT2D eigenvalue weighted by Crippen LogP contribution is 2.25. The average molecular weight is 270 g/mol. The van der Waals surface area contributed by atoms with Gasteiger partial charge < -0.3 is 16.4 Å². The van der Waals surface area contributed by atoms with Gasteiger partial charge in [0.2, 0.25) is 11.8 Å². The van der Waals surface area contributed by atoms with Crippen LogP contribution in [0.2, 0.25) is 5.02 Å². The minimum Gasteiger partial charge on any atom is -0.325 e. The lowest BCUT2D eigenvalue weighted by Crippen LogP contribution is -2.21. The molecule has 18 heavy (non-hydrogen) atoms. The zero-order valence-electron chi connectivity index (χ0n) is 10.1. The molecule has 0 bridgehead atoms. The predicted molar refractivity (Wildman–Crippen MR) is 72.7 cm³/mol. The number of nitrogens with one attached hydrogen (secondary N) is 2. The Balaban J connectivity index is 2.73. The van der Waals surface area contributed by atoms with Gasteiger partial charge >= 0.3 is 0 Å². The van der Waals surface area contributed by atoms with Crippen molar-refractivity contribution < 1.29 is 9.59 Å². The molecule has 0 spiro atoms. The summed E-state index contributed by atoms with van der Waals surface area (Å²) in [6.07, 6.45) is 1.22. The first-order valence-corrected chi connectivity index (χ1v) is 6.04. The Bertz CT molecular complexity index is 449. The lowest BCUT2D eigenvalue weighted by molar-refractivity contribution is -0.116. The first-order chi connectivity index (χ1) is 8.56. The standard InChI is InChI=1S/C12H16ClN3O2/c1-2-3-11(17)16-10-5-4-8(6-9(10)13)15-12(18)7-14/h4-6H,2-3,7,14H2,1H3,(H,15,18)(H,16,17). The van der Waals surface area contributed by atoms with Crippen LogP contribution in [0.3, 0.4) is 0 Å². The molecule has 0 heterocycles. The number of amides is 2. The summed E-state index contributed by atoms with van der Waals surface area (Å²) < 4.78 is 0. The lowest BCUT2D eigenvalue weighted by Gasteiger charge is -2.09. The molecule has 0 saturated carbocycles. The van der Waals surface area contributed by atoms with E-state index >= 15 is 0 Å². The van der Waals surface area contributed by atoms with E-state index in [-0.39, 0.29) is 18.4 Å². The molecule has 0 aromatic heterocycles. The second-order valence-electron chi connectivity index (χ2n) is 3.75. The molecule has 0 aliphatic rings. The molecule has 0 atom stereocenters. The van der Waals surface area contributed by atoms with E-state index in [4.69, 9.17) is 17.3 Å². The van der Waals surface area contributed by atoms with Gasteiger partial charge in [0.1, 0.15) is 0 Å². The number of nitrogens with two attached hydrogens (primary N) is 1. The Morgan fingerprint density at radius 1 is 1.28 bits per heavy atom. The highest BCUT2D eigenvalue weighted by Gasteiger charge is 2.07. The predicted octanol–water partition coefficient (Wildman–Crippen LogP) is 1.98. The summed E-state index contributed by atoms with van der Waals surface area (Å²) in [5.41, 5.74) is 6.26. The van der Waals surface area contributed by atoms with E-state index in [2.05, 4.69) is 10.6 Å². The van der Waals surface area contributed by atoms with E-state index in [0.29, 0.717) is 22.8 Å². The van der Waals surface area contributed by atoms with E-state index in [9.17, 15) is 9.59 Å². The maximum atomic E-state index is 11.4. The van der Waals surface area contributed by atoms with Crippen LogP contribution in [-0.4, -0.2) is 18.4 Å². The zero-order chi connectivity index (χ0) is 13.5. The molecule has 6 heteroatoms. The Labute approximate surface area is 111 Å². The fourth-order valence-corrected chi connectivity index (χ4v) is 1.57. The van der Waals surface area contributed by atoms with Gasteiger partial charge in [-0.25, -0.2) is 0 Å². The van der Waals surface area contributed by atoms with Crippen molar-refractivity contribution in [1.29, 1.82) is 0 Å². The third-order valence-electron chi connectivity index (χ3n) is 2.19. The lowest BCUT2D eigenvalue weighted by atomic mass is 10.2. The number of carbonyl (C=O) groups is 2. The summed E-state index contributed by atoms with van der Waals surface area (Å²) in [6.45, 7) is 1.83. The highest BCUT2D eigenvalue weighted by molar-refractivity contribution is 6.34. The van der Waals surface area contributed by atoms with E-state index < -0.39 is 0 Å². The van der Waals surface area contributed by atoms with Crippen molar-refractivity contribution in [3.05, 3.63) is 23.2 Å². The van der Waals surface area contributed by atoms with Crippen molar-refractivity contribution in [2.45, 2.75) is 19.8 Å². The van der Waals surface area contributed by atoms with Crippen LogP contribution < -0.4 is 16.4 Å². The molecule has 4 N–H and O–H groups in total. The summed E-state index contributed by atoms with van der Waals surface area (Å²) in [5, 5.41) is 5.64. The maximum absolute atomic E-state index is 11.4. The molecule has 0 radical (unpaired) electrons. The van der Waals surface area contributed by atoms with Gasteiger partial charge in [-0.1, -0.05) is 18.5 Å². The molecule has 1 aromatic rings. The number of halogens is 1. The topological polar surface area (TPSA) is 84.2 Å².